The summed E-state index contributed by atoms with van der Waals surface area (Å²) in [5.74, 6) is 0. The van der Waals surface area contributed by atoms with Crippen molar-refractivity contribution in [3.8, 4) is 11.1 Å². The molecular formula is C11H12N2S. The molecule has 0 bridgehead atoms. The Bertz CT molecular complexity index is 390. The molecule has 0 aliphatic carbocycles. The zero-order valence-electron chi connectivity index (χ0n) is 7.97. The van der Waals surface area contributed by atoms with Crippen LogP contribution in [0, 0.1) is 0 Å². The molecule has 0 saturated heterocycles. The predicted molar refractivity (Wildman–Crippen MR) is 60.2 cm³/mol. The van der Waals surface area contributed by atoms with Gasteiger partial charge in [-0.3, -0.25) is 4.98 Å². The molecule has 1 unspecified atom stereocenters. The second-order valence-corrected chi connectivity index (χ2v) is 4.05. The van der Waals surface area contributed by atoms with Gasteiger partial charge in [0.25, 0.3) is 0 Å². The molecule has 0 saturated carbocycles. The number of hydrogen-bond donors (Lipinski definition) is 1. The average Bonchev–Trinajstić information content (AvgIpc) is 2.71. The third-order valence-electron chi connectivity index (χ3n) is 2.11. The Hall–Kier alpha value is -1.19. The lowest BCUT2D eigenvalue weighted by atomic mass is 10.1. The lowest BCUT2D eigenvalue weighted by Gasteiger charge is -2.04. The topological polar surface area (TPSA) is 38.9 Å². The largest absolute Gasteiger partial charge is 0.323 e. The molecule has 1 atom stereocenters. The molecule has 0 spiro atoms. The van der Waals surface area contributed by atoms with Crippen LogP contribution in [-0.4, -0.2) is 4.98 Å². The van der Waals surface area contributed by atoms with Crippen molar-refractivity contribution in [3.63, 3.8) is 0 Å². The highest BCUT2D eigenvalue weighted by Crippen LogP contribution is 2.21. The first kappa shape index (κ1) is 9.37. The summed E-state index contributed by atoms with van der Waals surface area (Å²) in [5, 5.41) is 4.18. The van der Waals surface area contributed by atoms with E-state index in [9.17, 15) is 0 Å². The summed E-state index contributed by atoms with van der Waals surface area (Å²) in [5.41, 5.74) is 9.03. The Morgan fingerprint density at radius 1 is 1.29 bits per heavy atom. The van der Waals surface area contributed by atoms with Crippen molar-refractivity contribution in [1.29, 1.82) is 0 Å². The van der Waals surface area contributed by atoms with Crippen molar-refractivity contribution < 1.29 is 0 Å². The monoisotopic (exact) mass is 204 g/mol. The van der Waals surface area contributed by atoms with Crippen LogP contribution in [0.3, 0.4) is 0 Å². The maximum atomic E-state index is 5.72. The number of pyridine rings is 1. The Balaban J connectivity index is 2.31. The van der Waals surface area contributed by atoms with Crippen LogP contribution in [0.1, 0.15) is 18.7 Å². The normalized spacial score (nSPS) is 12.7. The third kappa shape index (κ3) is 1.84. The number of thiophene rings is 1. The summed E-state index contributed by atoms with van der Waals surface area (Å²) in [6.07, 6.45) is 1.88. The van der Waals surface area contributed by atoms with Crippen LogP contribution in [0.25, 0.3) is 11.1 Å². The van der Waals surface area contributed by atoms with Crippen LogP contribution in [0.15, 0.2) is 35.2 Å². The number of hydrogen-bond acceptors (Lipinski definition) is 3. The minimum atomic E-state index is 0.00604. The Kier molecular flexibility index (Phi) is 2.61. The number of aromatic nitrogens is 1. The fraction of sp³-hybridized carbons (Fsp3) is 0.182. The van der Waals surface area contributed by atoms with Gasteiger partial charge in [0.05, 0.1) is 5.69 Å². The molecule has 14 heavy (non-hydrogen) atoms. The van der Waals surface area contributed by atoms with E-state index in [2.05, 4.69) is 27.9 Å². The summed E-state index contributed by atoms with van der Waals surface area (Å²) in [6, 6.07) is 6.14. The molecule has 0 amide bonds. The third-order valence-corrected chi connectivity index (χ3v) is 2.79. The van der Waals surface area contributed by atoms with Gasteiger partial charge in [0.15, 0.2) is 0 Å². The Morgan fingerprint density at radius 3 is 2.64 bits per heavy atom. The van der Waals surface area contributed by atoms with E-state index in [1.54, 1.807) is 11.3 Å². The van der Waals surface area contributed by atoms with Crippen molar-refractivity contribution in [2.24, 2.45) is 5.73 Å². The molecule has 3 heteroatoms. The van der Waals surface area contributed by atoms with Gasteiger partial charge in [0, 0.05) is 17.8 Å². The molecule has 2 N–H and O–H groups in total. The van der Waals surface area contributed by atoms with E-state index in [0.29, 0.717) is 0 Å². The molecule has 0 aliphatic heterocycles. The smallest absolute Gasteiger partial charge is 0.0568 e. The van der Waals surface area contributed by atoms with Crippen LogP contribution < -0.4 is 5.73 Å². The molecule has 2 heterocycles. The van der Waals surface area contributed by atoms with Gasteiger partial charge < -0.3 is 5.73 Å². The average molecular weight is 204 g/mol. The number of nitrogens with two attached hydrogens (primary N) is 1. The maximum absolute atomic E-state index is 5.72. The second-order valence-electron chi connectivity index (χ2n) is 3.27. The van der Waals surface area contributed by atoms with Gasteiger partial charge in [0.2, 0.25) is 0 Å². The first-order valence-corrected chi connectivity index (χ1v) is 5.46. The number of nitrogens with zero attached hydrogens (tertiary/aromatic N) is 1. The Morgan fingerprint density at radius 2 is 2.14 bits per heavy atom. The highest BCUT2D eigenvalue weighted by Gasteiger charge is 2.02. The van der Waals surface area contributed by atoms with Gasteiger partial charge in [0.1, 0.15) is 0 Å². The van der Waals surface area contributed by atoms with E-state index in [1.807, 2.05) is 19.2 Å². The fourth-order valence-electron chi connectivity index (χ4n) is 1.27. The molecular weight excluding hydrogens is 192 g/mol. The highest BCUT2D eigenvalue weighted by molar-refractivity contribution is 7.08. The van der Waals surface area contributed by atoms with E-state index in [4.69, 9.17) is 5.73 Å². The van der Waals surface area contributed by atoms with Crippen molar-refractivity contribution in [2.75, 3.05) is 0 Å². The van der Waals surface area contributed by atoms with E-state index >= 15 is 0 Å². The van der Waals surface area contributed by atoms with Crippen molar-refractivity contribution in [1.82, 2.24) is 4.98 Å². The van der Waals surface area contributed by atoms with Gasteiger partial charge in [-0.25, -0.2) is 0 Å². The van der Waals surface area contributed by atoms with Crippen molar-refractivity contribution in [3.05, 3.63) is 40.8 Å². The summed E-state index contributed by atoms with van der Waals surface area (Å²) in [4.78, 5) is 4.31. The van der Waals surface area contributed by atoms with Gasteiger partial charge in [-0.05, 0) is 35.4 Å². The van der Waals surface area contributed by atoms with E-state index < -0.39 is 0 Å². The van der Waals surface area contributed by atoms with E-state index in [0.717, 1.165) is 11.3 Å². The highest BCUT2D eigenvalue weighted by atomic mass is 32.1. The minimum Gasteiger partial charge on any atom is -0.323 e. The summed E-state index contributed by atoms with van der Waals surface area (Å²) < 4.78 is 0. The fourth-order valence-corrected chi connectivity index (χ4v) is 1.94. The van der Waals surface area contributed by atoms with E-state index in [1.165, 1.54) is 5.56 Å². The van der Waals surface area contributed by atoms with Gasteiger partial charge >= 0.3 is 0 Å². The first-order valence-electron chi connectivity index (χ1n) is 4.51. The molecule has 2 aromatic rings. The van der Waals surface area contributed by atoms with Crippen molar-refractivity contribution in [2.45, 2.75) is 13.0 Å². The lowest BCUT2D eigenvalue weighted by Crippen LogP contribution is -2.06. The standard InChI is InChI=1S/C11H12N2S/c1-8(12)11-3-2-9(6-13-11)10-4-5-14-7-10/h2-8H,12H2,1H3. The Labute approximate surface area is 87.4 Å². The van der Waals surface area contributed by atoms with Crippen LogP contribution in [0.4, 0.5) is 0 Å². The van der Waals surface area contributed by atoms with Crippen LogP contribution in [0.5, 0.6) is 0 Å². The van der Waals surface area contributed by atoms with Crippen LogP contribution >= 0.6 is 11.3 Å². The molecule has 2 nitrogen and oxygen atoms in total. The zero-order chi connectivity index (χ0) is 9.97. The van der Waals surface area contributed by atoms with Crippen LogP contribution in [-0.2, 0) is 0 Å². The second kappa shape index (κ2) is 3.90. The van der Waals surface area contributed by atoms with Crippen LogP contribution in [0.2, 0.25) is 0 Å². The molecule has 0 aliphatic rings. The lowest BCUT2D eigenvalue weighted by molar-refractivity contribution is 0.781. The van der Waals surface area contributed by atoms with Gasteiger partial charge in [-0.2, -0.15) is 11.3 Å². The molecule has 2 rings (SSSR count). The minimum absolute atomic E-state index is 0.00604. The molecule has 0 radical (unpaired) electrons. The quantitative estimate of drug-likeness (QED) is 0.817. The number of rotatable bonds is 2. The SMILES string of the molecule is CC(N)c1ccc(-c2ccsc2)cn1. The van der Waals surface area contributed by atoms with Crippen molar-refractivity contribution >= 4 is 11.3 Å². The summed E-state index contributed by atoms with van der Waals surface area (Å²) in [7, 11) is 0. The van der Waals surface area contributed by atoms with Gasteiger partial charge in [-0.1, -0.05) is 6.07 Å². The summed E-state index contributed by atoms with van der Waals surface area (Å²) >= 11 is 1.69. The molecule has 0 aromatic carbocycles. The molecule has 0 fully saturated rings. The molecule has 2 aromatic heterocycles. The predicted octanol–water partition coefficient (Wildman–Crippen LogP) is 2.83. The zero-order valence-corrected chi connectivity index (χ0v) is 8.79. The molecule has 72 valence electrons. The van der Waals surface area contributed by atoms with Gasteiger partial charge in [-0.15, -0.1) is 0 Å². The summed E-state index contributed by atoms with van der Waals surface area (Å²) in [6.45, 7) is 1.94. The first-order chi connectivity index (χ1) is 6.77. The maximum Gasteiger partial charge on any atom is 0.0568 e. The van der Waals surface area contributed by atoms with E-state index in [-0.39, 0.29) is 6.04 Å².